The molecule has 3 rings (SSSR count). The summed E-state index contributed by atoms with van der Waals surface area (Å²) in [5, 5.41) is 6.71. The van der Waals surface area contributed by atoms with Crippen LogP contribution in [0, 0.1) is 0 Å². The molecule has 21 heavy (non-hydrogen) atoms. The zero-order valence-electron chi connectivity index (χ0n) is 11.1. The molecule has 1 fully saturated rings. The third-order valence-electron chi connectivity index (χ3n) is 3.65. The van der Waals surface area contributed by atoms with Crippen molar-refractivity contribution in [2.45, 2.75) is 18.1 Å². The molecule has 1 aromatic heterocycles. The van der Waals surface area contributed by atoms with Gasteiger partial charge in [-0.25, -0.2) is 16.8 Å². The Morgan fingerprint density at radius 1 is 1.19 bits per heavy atom. The van der Waals surface area contributed by atoms with Gasteiger partial charge in [-0.2, -0.15) is 5.10 Å². The molecule has 1 aliphatic heterocycles. The van der Waals surface area contributed by atoms with Crippen LogP contribution in [0.5, 0.6) is 0 Å². The fourth-order valence-corrected chi connectivity index (χ4v) is 5.68. The Kier molecular flexibility index (Phi) is 3.40. The van der Waals surface area contributed by atoms with Gasteiger partial charge in [0.1, 0.15) is 9.84 Å². The maximum Gasteiger partial charge on any atom is 0.236 e. The van der Waals surface area contributed by atoms with Crippen LogP contribution in [0.2, 0.25) is 0 Å². The normalized spacial score (nSPS) is 19.6. The van der Waals surface area contributed by atoms with Crippen LogP contribution in [-0.2, 0) is 19.9 Å². The summed E-state index contributed by atoms with van der Waals surface area (Å²) in [5.74, 6) is 0.0822. The van der Waals surface area contributed by atoms with Crippen LogP contribution in [0.15, 0.2) is 24.3 Å². The van der Waals surface area contributed by atoms with Crippen LogP contribution in [-0.4, -0.2) is 43.8 Å². The van der Waals surface area contributed by atoms with Crippen molar-refractivity contribution in [3.05, 3.63) is 24.3 Å². The molecular formula is C12H15N3O4S2. The van der Waals surface area contributed by atoms with Crippen LogP contribution in [0.4, 0.5) is 5.82 Å². The number of rotatable bonds is 3. The van der Waals surface area contributed by atoms with Gasteiger partial charge in [-0.15, -0.1) is 0 Å². The Hall–Kier alpha value is -1.61. The fourth-order valence-electron chi connectivity index (χ4n) is 2.44. The molecule has 0 saturated carbocycles. The molecule has 0 bridgehead atoms. The molecule has 0 aliphatic carbocycles. The summed E-state index contributed by atoms with van der Waals surface area (Å²) < 4.78 is 49.9. The maximum absolute atomic E-state index is 12.3. The first-order valence-electron chi connectivity index (χ1n) is 6.52. The number of para-hydroxylation sites is 1. The first-order valence-corrected chi connectivity index (χ1v) is 9.89. The summed E-state index contributed by atoms with van der Waals surface area (Å²) in [6.07, 6.45) is 0.250. The van der Waals surface area contributed by atoms with Crippen LogP contribution in [0.3, 0.4) is 0 Å². The van der Waals surface area contributed by atoms with Crippen LogP contribution < -0.4 is 4.72 Å². The lowest BCUT2D eigenvalue weighted by Crippen LogP contribution is -2.36. The molecule has 2 heterocycles. The predicted molar refractivity (Wildman–Crippen MR) is 80.3 cm³/mol. The number of nitrogens with zero attached hydrogens (tertiary/aromatic N) is 1. The van der Waals surface area contributed by atoms with Crippen molar-refractivity contribution < 1.29 is 16.8 Å². The molecule has 0 atom stereocenters. The Bertz CT molecular complexity index is 857. The highest BCUT2D eigenvalue weighted by Crippen LogP contribution is 2.25. The molecule has 0 radical (unpaired) electrons. The number of benzene rings is 1. The molecule has 2 N–H and O–H groups in total. The highest BCUT2D eigenvalue weighted by molar-refractivity contribution is 7.94. The van der Waals surface area contributed by atoms with E-state index in [2.05, 4.69) is 14.9 Å². The lowest BCUT2D eigenvalue weighted by molar-refractivity contribution is 0.555. The molecule has 0 spiro atoms. The minimum Gasteiger partial charge on any atom is -0.276 e. The van der Waals surface area contributed by atoms with Gasteiger partial charge in [0.25, 0.3) is 0 Å². The van der Waals surface area contributed by atoms with Gasteiger partial charge in [0.15, 0.2) is 5.82 Å². The number of fused-ring (bicyclic) bond motifs is 1. The van der Waals surface area contributed by atoms with E-state index in [0.29, 0.717) is 5.39 Å². The van der Waals surface area contributed by atoms with Gasteiger partial charge >= 0.3 is 0 Å². The molecular weight excluding hydrogens is 314 g/mol. The third-order valence-corrected chi connectivity index (χ3v) is 7.19. The van der Waals surface area contributed by atoms with E-state index in [-0.39, 0.29) is 30.2 Å². The summed E-state index contributed by atoms with van der Waals surface area (Å²) in [5.41, 5.74) is 0.737. The molecule has 114 valence electrons. The average Bonchev–Trinajstić information content (AvgIpc) is 2.81. The van der Waals surface area contributed by atoms with E-state index < -0.39 is 25.1 Å². The third kappa shape index (κ3) is 2.88. The number of hydrogen-bond donors (Lipinski definition) is 2. The first-order chi connectivity index (χ1) is 9.87. The standard InChI is InChI=1S/C12H15N3O4S2/c16-20(17)7-5-9(6-8-20)21(18,19)15-12-10-3-1-2-4-11(10)13-14-12/h1-4,9H,5-8H2,(H2,13,14,15). The average molecular weight is 329 g/mol. The second kappa shape index (κ2) is 4.99. The molecule has 1 saturated heterocycles. The minimum absolute atomic E-state index is 0.0834. The first kappa shape index (κ1) is 14.3. The molecule has 2 aromatic rings. The van der Waals surface area contributed by atoms with E-state index in [1.807, 2.05) is 6.07 Å². The largest absolute Gasteiger partial charge is 0.276 e. The Morgan fingerprint density at radius 3 is 2.57 bits per heavy atom. The van der Waals surface area contributed by atoms with Crippen LogP contribution in [0.25, 0.3) is 10.9 Å². The van der Waals surface area contributed by atoms with Crippen molar-refractivity contribution in [1.82, 2.24) is 10.2 Å². The van der Waals surface area contributed by atoms with Crippen LogP contribution >= 0.6 is 0 Å². The number of sulfonamides is 1. The van der Waals surface area contributed by atoms with Gasteiger partial charge in [-0.05, 0) is 25.0 Å². The van der Waals surface area contributed by atoms with Gasteiger partial charge in [-0.3, -0.25) is 9.82 Å². The molecule has 7 nitrogen and oxygen atoms in total. The fraction of sp³-hybridized carbons (Fsp3) is 0.417. The van der Waals surface area contributed by atoms with E-state index in [4.69, 9.17) is 0 Å². The van der Waals surface area contributed by atoms with Crippen molar-refractivity contribution in [2.24, 2.45) is 0 Å². The number of hydrogen-bond acceptors (Lipinski definition) is 5. The maximum atomic E-state index is 12.3. The highest BCUT2D eigenvalue weighted by atomic mass is 32.2. The van der Waals surface area contributed by atoms with Gasteiger partial charge in [-0.1, -0.05) is 12.1 Å². The molecule has 9 heteroatoms. The highest BCUT2D eigenvalue weighted by Gasteiger charge is 2.33. The quantitative estimate of drug-likeness (QED) is 0.869. The Balaban J connectivity index is 1.83. The molecule has 1 aliphatic rings. The van der Waals surface area contributed by atoms with Gasteiger partial charge in [0, 0.05) is 5.39 Å². The van der Waals surface area contributed by atoms with Crippen LogP contribution in [0.1, 0.15) is 12.8 Å². The second-order valence-electron chi connectivity index (χ2n) is 5.12. The van der Waals surface area contributed by atoms with Crippen molar-refractivity contribution >= 4 is 36.6 Å². The van der Waals surface area contributed by atoms with Crippen molar-refractivity contribution in [2.75, 3.05) is 16.2 Å². The number of anilines is 1. The van der Waals surface area contributed by atoms with Gasteiger partial charge < -0.3 is 0 Å². The van der Waals surface area contributed by atoms with E-state index in [1.54, 1.807) is 18.2 Å². The topological polar surface area (TPSA) is 109 Å². The second-order valence-corrected chi connectivity index (χ2v) is 9.38. The predicted octanol–water partition coefficient (Wildman–Crippen LogP) is 0.882. The van der Waals surface area contributed by atoms with Crippen molar-refractivity contribution in [1.29, 1.82) is 0 Å². The lowest BCUT2D eigenvalue weighted by atomic mass is 10.2. The lowest BCUT2D eigenvalue weighted by Gasteiger charge is -2.22. The van der Waals surface area contributed by atoms with Crippen molar-refractivity contribution in [3.8, 4) is 0 Å². The summed E-state index contributed by atoms with van der Waals surface area (Å²) in [4.78, 5) is 0. The number of nitrogens with one attached hydrogen (secondary N) is 2. The van der Waals surface area contributed by atoms with Gasteiger partial charge in [0.05, 0.1) is 22.3 Å². The Labute approximate surface area is 122 Å². The van der Waals surface area contributed by atoms with E-state index >= 15 is 0 Å². The number of H-pyrrole nitrogens is 1. The zero-order chi connectivity index (χ0) is 15.1. The number of sulfone groups is 1. The summed E-state index contributed by atoms with van der Waals surface area (Å²) in [7, 11) is -6.73. The molecule has 1 aromatic carbocycles. The Morgan fingerprint density at radius 2 is 1.86 bits per heavy atom. The minimum atomic E-state index is -3.64. The zero-order valence-corrected chi connectivity index (χ0v) is 12.7. The number of aromatic nitrogens is 2. The van der Waals surface area contributed by atoms with E-state index in [9.17, 15) is 16.8 Å². The van der Waals surface area contributed by atoms with Gasteiger partial charge in [0.2, 0.25) is 10.0 Å². The monoisotopic (exact) mass is 329 g/mol. The SMILES string of the molecule is O=S1(=O)CCC(S(=O)(=O)Nc2n[nH]c3ccccc23)CC1. The molecule has 0 amide bonds. The molecule has 0 unspecified atom stereocenters. The van der Waals surface area contributed by atoms with E-state index in [1.165, 1.54) is 0 Å². The van der Waals surface area contributed by atoms with Crippen molar-refractivity contribution in [3.63, 3.8) is 0 Å². The van der Waals surface area contributed by atoms with E-state index in [0.717, 1.165) is 5.52 Å². The summed E-state index contributed by atoms with van der Waals surface area (Å²) in [6, 6.07) is 7.18. The summed E-state index contributed by atoms with van der Waals surface area (Å²) in [6.45, 7) is 0. The summed E-state index contributed by atoms with van der Waals surface area (Å²) >= 11 is 0. The number of aromatic amines is 1. The smallest absolute Gasteiger partial charge is 0.236 e.